The SMILES string of the molecule is CCCC#C/C(C)=C/C(=O)OC. The number of hydrogen-bond acceptors (Lipinski definition) is 2. The van der Waals surface area contributed by atoms with E-state index in [0.717, 1.165) is 18.4 Å². The van der Waals surface area contributed by atoms with Crippen molar-refractivity contribution in [2.45, 2.75) is 26.7 Å². The average Bonchev–Trinajstić information content (AvgIpc) is 2.05. The third-order valence-corrected chi connectivity index (χ3v) is 1.20. The Morgan fingerprint density at radius 1 is 1.58 bits per heavy atom. The molecule has 0 saturated carbocycles. The van der Waals surface area contributed by atoms with Gasteiger partial charge in [-0.2, -0.15) is 0 Å². The van der Waals surface area contributed by atoms with Crippen molar-refractivity contribution in [1.82, 2.24) is 0 Å². The van der Waals surface area contributed by atoms with Crippen LogP contribution >= 0.6 is 0 Å². The predicted molar refractivity (Wildman–Crippen MR) is 48.5 cm³/mol. The maximum atomic E-state index is 10.7. The fourth-order valence-electron chi connectivity index (χ4n) is 0.599. The van der Waals surface area contributed by atoms with Crippen molar-refractivity contribution >= 4 is 5.97 Å². The van der Waals surface area contributed by atoms with Crippen molar-refractivity contribution in [3.8, 4) is 11.8 Å². The molecule has 66 valence electrons. The number of carbonyl (C=O) groups excluding carboxylic acids is 1. The number of hydrogen-bond donors (Lipinski definition) is 0. The van der Waals surface area contributed by atoms with Crippen molar-refractivity contribution in [2.24, 2.45) is 0 Å². The zero-order chi connectivity index (χ0) is 9.40. The second kappa shape index (κ2) is 6.48. The van der Waals surface area contributed by atoms with Crippen LogP contribution in [0.1, 0.15) is 26.7 Å². The molecule has 0 N–H and O–H groups in total. The van der Waals surface area contributed by atoms with Crippen LogP contribution in [0.4, 0.5) is 0 Å². The third-order valence-electron chi connectivity index (χ3n) is 1.20. The summed E-state index contributed by atoms with van der Waals surface area (Å²) in [7, 11) is 1.35. The molecule has 0 unspecified atom stereocenters. The van der Waals surface area contributed by atoms with Crippen molar-refractivity contribution in [3.63, 3.8) is 0 Å². The summed E-state index contributed by atoms with van der Waals surface area (Å²) in [4.78, 5) is 10.7. The predicted octanol–water partition coefficient (Wildman–Crippen LogP) is 1.91. The molecule has 0 atom stereocenters. The third kappa shape index (κ3) is 5.55. The molecule has 0 amide bonds. The first-order valence-corrected chi connectivity index (χ1v) is 3.95. The van der Waals surface area contributed by atoms with Gasteiger partial charge in [0.1, 0.15) is 0 Å². The molecule has 0 fully saturated rings. The van der Waals surface area contributed by atoms with Crippen molar-refractivity contribution in [1.29, 1.82) is 0 Å². The Hall–Kier alpha value is -1.23. The Kier molecular flexibility index (Phi) is 5.81. The highest BCUT2D eigenvalue weighted by Crippen LogP contribution is 1.91. The van der Waals surface area contributed by atoms with Gasteiger partial charge in [0.2, 0.25) is 0 Å². The first-order chi connectivity index (χ1) is 5.70. The Labute approximate surface area is 73.6 Å². The molecule has 0 aliphatic rings. The minimum absolute atomic E-state index is 0.349. The lowest BCUT2D eigenvalue weighted by Gasteiger charge is -1.89. The van der Waals surface area contributed by atoms with Crippen LogP contribution in [0, 0.1) is 11.8 Å². The largest absolute Gasteiger partial charge is 0.466 e. The van der Waals surface area contributed by atoms with Crippen molar-refractivity contribution < 1.29 is 9.53 Å². The summed E-state index contributed by atoms with van der Waals surface area (Å²) in [6.07, 6.45) is 3.30. The molecule has 0 saturated heterocycles. The molecule has 0 aliphatic heterocycles. The highest BCUT2D eigenvalue weighted by atomic mass is 16.5. The average molecular weight is 166 g/mol. The normalized spacial score (nSPS) is 10.1. The summed E-state index contributed by atoms with van der Waals surface area (Å²) >= 11 is 0. The Balaban J connectivity index is 4.04. The summed E-state index contributed by atoms with van der Waals surface area (Å²) in [6.45, 7) is 3.85. The molecule has 0 aliphatic carbocycles. The molecule has 0 aromatic carbocycles. The summed E-state index contributed by atoms with van der Waals surface area (Å²) in [5, 5.41) is 0. The van der Waals surface area contributed by atoms with Crippen LogP contribution in [-0.4, -0.2) is 13.1 Å². The van der Waals surface area contributed by atoms with Gasteiger partial charge in [-0.25, -0.2) is 4.79 Å². The number of rotatable bonds is 2. The van der Waals surface area contributed by atoms with Crippen molar-refractivity contribution in [2.75, 3.05) is 7.11 Å². The maximum Gasteiger partial charge on any atom is 0.331 e. The molecular weight excluding hydrogens is 152 g/mol. The van der Waals surface area contributed by atoms with Crippen LogP contribution in [0.3, 0.4) is 0 Å². The number of esters is 1. The van der Waals surface area contributed by atoms with E-state index < -0.39 is 0 Å². The van der Waals surface area contributed by atoms with E-state index in [2.05, 4.69) is 23.5 Å². The first-order valence-electron chi connectivity index (χ1n) is 3.95. The molecule has 2 heteroatoms. The Morgan fingerprint density at radius 3 is 2.75 bits per heavy atom. The minimum atomic E-state index is -0.349. The fourth-order valence-corrected chi connectivity index (χ4v) is 0.599. The van der Waals surface area contributed by atoms with Crippen molar-refractivity contribution in [3.05, 3.63) is 11.6 Å². The van der Waals surface area contributed by atoms with Gasteiger partial charge in [-0.1, -0.05) is 18.8 Å². The quantitative estimate of drug-likeness (QED) is 0.356. The monoisotopic (exact) mass is 166 g/mol. The van der Waals surface area contributed by atoms with Gasteiger partial charge < -0.3 is 4.74 Å². The van der Waals surface area contributed by atoms with Gasteiger partial charge in [-0.15, -0.1) is 0 Å². The molecule has 12 heavy (non-hydrogen) atoms. The van der Waals surface area contributed by atoms with Crippen LogP contribution in [0.5, 0.6) is 0 Å². The van der Waals surface area contributed by atoms with Gasteiger partial charge in [0.25, 0.3) is 0 Å². The van der Waals surface area contributed by atoms with Crippen LogP contribution in [0.2, 0.25) is 0 Å². The molecule has 0 spiro atoms. The highest BCUT2D eigenvalue weighted by molar-refractivity contribution is 5.83. The number of ether oxygens (including phenoxy) is 1. The summed E-state index contributed by atoms with van der Waals surface area (Å²) < 4.78 is 4.44. The van der Waals surface area contributed by atoms with E-state index in [1.54, 1.807) is 6.92 Å². The molecular formula is C10H14O2. The minimum Gasteiger partial charge on any atom is -0.466 e. The number of unbranched alkanes of at least 4 members (excludes halogenated alkanes) is 1. The van der Waals surface area contributed by atoms with Gasteiger partial charge in [0.15, 0.2) is 0 Å². The molecule has 0 bridgehead atoms. The van der Waals surface area contributed by atoms with Gasteiger partial charge in [-0.05, 0) is 13.3 Å². The van der Waals surface area contributed by atoms with E-state index in [9.17, 15) is 4.79 Å². The van der Waals surface area contributed by atoms with E-state index in [-0.39, 0.29) is 5.97 Å². The standard InChI is InChI=1S/C10H14O2/c1-4-5-6-7-9(2)8-10(11)12-3/h8H,4-5H2,1-3H3/b9-8+. The summed E-state index contributed by atoms with van der Waals surface area (Å²) in [5.41, 5.74) is 0.746. The summed E-state index contributed by atoms with van der Waals surface area (Å²) in [6, 6.07) is 0. The van der Waals surface area contributed by atoms with E-state index in [0.29, 0.717) is 0 Å². The number of methoxy groups -OCH3 is 1. The van der Waals surface area contributed by atoms with Gasteiger partial charge in [0, 0.05) is 18.1 Å². The zero-order valence-electron chi connectivity index (χ0n) is 7.81. The first kappa shape index (κ1) is 10.8. The van der Waals surface area contributed by atoms with E-state index >= 15 is 0 Å². The van der Waals surface area contributed by atoms with Crippen LogP contribution in [0.25, 0.3) is 0 Å². The molecule has 2 nitrogen and oxygen atoms in total. The highest BCUT2D eigenvalue weighted by Gasteiger charge is 1.91. The topological polar surface area (TPSA) is 26.3 Å². The second-order valence-electron chi connectivity index (χ2n) is 2.40. The molecule has 0 rings (SSSR count). The van der Waals surface area contributed by atoms with E-state index in [4.69, 9.17) is 0 Å². The lowest BCUT2D eigenvalue weighted by molar-refractivity contribution is -0.134. The fraction of sp³-hybridized carbons (Fsp3) is 0.500. The van der Waals surface area contributed by atoms with Crippen LogP contribution in [0.15, 0.2) is 11.6 Å². The molecule has 0 heterocycles. The molecule has 0 aromatic rings. The lowest BCUT2D eigenvalue weighted by atomic mass is 10.2. The van der Waals surface area contributed by atoms with Crippen LogP contribution in [-0.2, 0) is 9.53 Å². The van der Waals surface area contributed by atoms with E-state index in [1.165, 1.54) is 13.2 Å². The van der Waals surface area contributed by atoms with Gasteiger partial charge >= 0.3 is 5.97 Å². The number of carbonyl (C=O) groups is 1. The van der Waals surface area contributed by atoms with Crippen LogP contribution < -0.4 is 0 Å². The van der Waals surface area contributed by atoms with Gasteiger partial charge in [0.05, 0.1) is 7.11 Å². The molecule has 0 radical (unpaired) electrons. The zero-order valence-corrected chi connectivity index (χ0v) is 7.81. The smallest absolute Gasteiger partial charge is 0.331 e. The maximum absolute atomic E-state index is 10.7. The lowest BCUT2D eigenvalue weighted by Crippen LogP contribution is -1.94. The van der Waals surface area contributed by atoms with E-state index in [1.807, 2.05) is 0 Å². The Morgan fingerprint density at radius 2 is 2.25 bits per heavy atom. The molecule has 0 aromatic heterocycles. The number of allylic oxidation sites excluding steroid dienone is 1. The summed E-state index contributed by atoms with van der Waals surface area (Å²) in [5.74, 6) is 5.45. The second-order valence-corrected chi connectivity index (χ2v) is 2.40. The Bertz CT molecular complexity index is 228. The van der Waals surface area contributed by atoms with Gasteiger partial charge in [-0.3, -0.25) is 0 Å².